The molecule has 4 rings (SSSR count). The Bertz CT molecular complexity index is 885. The number of ether oxygens (including phenoxy) is 4. The lowest BCUT2D eigenvalue weighted by atomic mass is 10.2. The molecule has 146 valence electrons. The van der Waals surface area contributed by atoms with Crippen LogP contribution in [-0.2, 0) is 9.59 Å². The van der Waals surface area contributed by atoms with Crippen LogP contribution in [0.25, 0.3) is 0 Å². The average Bonchev–Trinajstić information content (AvgIpc) is 2.73. The van der Waals surface area contributed by atoms with Crippen molar-refractivity contribution >= 4 is 17.5 Å². The molecule has 1 atom stereocenters. The number of benzene rings is 2. The van der Waals surface area contributed by atoms with Gasteiger partial charge in [0.05, 0.1) is 0 Å². The monoisotopic (exact) mass is 384 g/mol. The quantitative estimate of drug-likeness (QED) is 0.816. The summed E-state index contributed by atoms with van der Waals surface area (Å²) in [4.78, 5) is 24.3. The molecular formula is C20H20N2O6. The summed E-state index contributed by atoms with van der Waals surface area (Å²) >= 11 is 0. The van der Waals surface area contributed by atoms with Gasteiger partial charge < -0.3 is 29.6 Å². The molecule has 0 fully saturated rings. The average molecular weight is 384 g/mol. The van der Waals surface area contributed by atoms with E-state index in [2.05, 4.69) is 10.6 Å². The Morgan fingerprint density at radius 1 is 0.929 bits per heavy atom. The second-order valence-electron chi connectivity index (χ2n) is 6.31. The number of hydrogen-bond acceptors (Lipinski definition) is 6. The standard InChI is InChI=1S/C20H20N2O6/c23-19(22-13-5-6-15-17(11-13)26-10-9-25-15)7-8-21-20(24)18-12-27-14-3-1-2-4-16(14)28-18/h1-6,11,18H,7-10,12H2,(H,21,24)(H,22,23)/t18-/m0/s1. The number of para-hydroxylation sites is 2. The minimum Gasteiger partial charge on any atom is -0.486 e. The smallest absolute Gasteiger partial charge is 0.264 e. The van der Waals surface area contributed by atoms with Crippen molar-refractivity contribution in [3.05, 3.63) is 42.5 Å². The Labute approximate surface area is 161 Å². The van der Waals surface area contributed by atoms with E-state index in [4.69, 9.17) is 18.9 Å². The Balaban J connectivity index is 1.23. The molecule has 0 aromatic heterocycles. The fourth-order valence-corrected chi connectivity index (χ4v) is 2.91. The summed E-state index contributed by atoms with van der Waals surface area (Å²) in [5, 5.41) is 5.48. The van der Waals surface area contributed by atoms with Crippen LogP contribution in [0.4, 0.5) is 5.69 Å². The molecule has 2 heterocycles. The minimum atomic E-state index is -0.740. The van der Waals surface area contributed by atoms with Gasteiger partial charge in [-0.2, -0.15) is 0 Å². The predicted molar refractivity (Wildman–Crippen MR) is 100 cm³/mol. The van der Waals surface area contributed by atoms with Crippen molar-refractivity contribution in [1.82, 2.24) is 5.32 Å². The van der Waals surface area contributed by atoms with Gasteiger partial charge in [0.15, 0.2) is 23.0 Å². The van der Waals surface area contributed by atoms with E-state index < -0.39 is 6.10 Å². The molecule has 28 heavy (non-hydrogen) atoms. The maximum absolute atomic E-state index is 12.2. The second kappa shape index (κ2) is 8.08. The van der Waals surface area contributed by atoms with Crippen LogP contribution in [0.1, 0.15) is 6.42 Å². The van der Waals surface area contributed by atoms with E-state index in [1.165, 1.54) is 0 Å². The largest absolute Gasteiger partial charge is 0.486 e. The highest BCUT2D eigenvalue weighted by Crippen LogP contribution is 2.33. The first-order chi connectivity index (χ1) is 13.7. The predicted octanol–water partition coefficient (Wildman–Crippen LogP) is 1.74. The van der Waals surface area contributed by atoms with Crippen LogP contribution in [0.3, 0.4) is 0 Å². The van der Waals surface area contributed by atoms with Crippen LogP contribution in [0.2, 0.25) is 0 Å². The molecule has 2 amide bonds. The molecule has 2 aromatic rings. The summed E-state index contributed by atoms with van der Waals surface area (Å²) in [5.41, 5.74) is 0.612. The van der Waals surface area contributed by atoms with Crippen molar-refractivity contribution in [3.8, 4) is 23.0 Å². The first-order valence-corrected chi connectivity index (χ1v) is 9.05. The number of carbonyl (C=O) groups is 2. The van der Waals surface area contributed by atoms with Gasteiger partial charge in [-0.1, -0.05) is 12.1 Å². The van der Waals surface area contributed by atoms with E-state index in [1.54, 1.807) is 30.3 Å². The number of anilines is 1. The van der Waals surface area contributed by atoms with Crippen LogP contribution in [0, 0.1) is 0 Å². The summed E-state index contributed by atoms with van der Waals surface area (Å²) in [5.74, 6) is 1.88. The van der Waals surface area contributed by atoms with E-state index in [0.717, 1.165) is 0 Å². The molecule has 2 aliphatic rings. The van der Waals surface area contributed by atoms with Gasteiger partial charge in [0.1, 0.15) is 19.8 Å². The molecule has 0 spiro atoms. The van der Waals surface area contributed by atoms with Crippen molar-refractivity contribution in [2.75, 3.05) is 31.7 Å². The molecule has 2 aliphatic heterocycles. The molecule has 0 unspecified atom stereocenters. The van der Waals surface area contributed by atoms with Gasteiger partial charge in [0, 0.05) is 24.7 Å². The third kappa shape index (κ3) is 4.11. The number of fused-ring (bicyclic) bond motifs is 2. The zero-order valence-electron chi connectivity index (χ0n) is 15.1. The summed E-state index contributed by atoms with van der Waals surface area (Å²) in [6, 6.07) is 12.4. The van der Waals surface area contributed by atoms with Crippen molar-refractivity contribution in [3.63, 3.8) is 0 Å². The number of rotatable bonds is 5. The molecule has 0 bridgehead atoms. The zero-order valence-corrected chi connectivity index (χ0v) is 15.1. The zero-order chi connectivity index (χ0) is 19.3. The third-order valence-electron chi connectivity index (χ3n) is 4.28. The molecule has 2 N–H and O–H groups in total. The lowest BCUT2D eigenvalue weighted by Crippen LogP contribution is -2.44. The summed E-state index contributed by atoms with van der Waals surface area (Å²) in [7, 11) is 0. The second-order valence-corrected chi connectivity index (χ2v) is 6.31. The molecule has 0 saturated heterocycles. The topological polar surface area (TPSA) is 95.1 Å². The molecule has 0 saturated carbocycles. The van der Waals surface area contributed by atoms with Crippen molar-refractivity contribution in [2.24, 2.45) is 0 Å². The van der Waals surface area contributed by atoms with Gasteiger partial charge in [-0.3, -0.25) is 9.59 Å². The minimum absolute atomic E-state index is 0.129. The van der Waals surface area contributed by atoms with Crippen LogP contribution in [0.15, 0.2) is 42.5 Å². The molecule has 2 aromatic carbocycles. The Hall–Kier alpha value is -3.42. The van der Waals surface area contributed by atoms with E-state index in [1.807, 2.05) is 12.1 Å². The van der Waals surface area contributed by atoms with Crippen LogP contribution < -0.4 is 29.6 Å². The number of hydrogen-bond donors (Lipinski definition) is 2. The van der Waals surface area contributed by atoms with Crippen LogP contribution in [0.5, 0.6) is 23.0 Å². The van der Waals surface area contributed by atoms with Gasteiger partial charge in [0.2, 0.25) is 12.0 Å². The SMILES string of the molecule is O=C(CCNC(=O)[C@@H]1COc2ccccc2O1)Nc1ccc2c(c1)OCCO2. The van der Waals surface area contributed by atoms with Gasteiger partial charge in [-0.05, 0) is 24.3 Å². The first-order valence-electron chi connectivity index (χ1n) is 9.05. The lowest BCUT2D eigenvalue weighted by Gasteiger charge is -2.25. The Morgan fingerprint density at radius 2 is 1.68 bits per heavy atom. The molecule has 8 nitrogen and oxygen atoms in total. The third-order valence-corrected chi connectivity index (χ3v) is 4.28. The lowest BCUT2D eigenvalue weighted by molar-refractivity contribution is -0.130. The summed E-state index contributed by atoms with van der Waals surface area (Å²) < 4.78 is 22.1. The Kier molecular flexibility index (Phi) is 5.18. The highest BCUT2D eigenvalue weighted by Gasteiger charge is 2.27. The first kappa shape index (κ1) is 18.0. The molecule has 0 aliphatic carbocycles. The highest BCUT2D eigenvalue weighted by atomic mass is 16.6. The normalized spacial score (nSPS) is 16.8. The molecule has 8 heteroatoms. The Morgan fingerprint density at radius 3 is 2.54 bits per heavy atom. The maximum atomic E-state index is 12.2. The number of amides is 2. The van der Waals surface area contributed by atoms with Gasteiger partial charge in [0.25, 0.3) is 5.91 Å². The fourth-order valence-electron chi connectivity index (χ4n) is 2.91. The number of carbonyl (C=O) groups excluding carboxylic acids is 2. The molecular weight excluding hydrogens is 364 g/mol. The van der Waals surface area contributed by atoms with Gasteiger partial charge >= 0.3 is 0 Å². The van der Waals surface area contributed by atoms with E-state index in [-0.39, 0.29) is 31.4 Å². The highest BCUT2D eigenvalue weighted by molar-refractivity contribution is 5.91. The summed E-state index contributed by atoms with van der Waals surface area (Å²) in [6.45, 7) is 1.32. The molecule has 0 radical (unpaired) electrons. The van der Waals surface area contributed by atoms with E-state index >= 15 is 0 Å². The van der Waals surface area contributed by atoms with Crippen LogP contribution in [-0.4, -0.2) is 44.3 Å². The van der Waals surface area contributed by atoms with E-state index in [0.29, 0.717) is 41.9 Å². The maximum Gasteiger partial charge on any atom is 0.264 e. The van der Waals surface area contributed by atoms with Gasteiger partial charge in [-0.15, -0.1) is 0 Å². The number of nitrogens with one attached hydrogen (secondary N) is 2. The fraction of sp³-hybridized carbons (Fsp3) is 0.300. The van der Waals surface area contributed by atoms with Crippen molar-refractivity contribution in [1.29, 1.82) is 0 Å². The van der Waals surface area contributed by atoms with Gasteiger partial charge in [-0.25, -0.2) is 0 Å². The van der Waals surface area contributed by atoms with E-state index in [9.17, 15) is 9.59 Å². The van der Waals surface area contributed by atoms with Crippen molar-refractivity contribution < 1.29 is 28.5 Å². The van der Waals surface area contributed by atoms with Crippen molar-refractivity contribution in [2.45, 2.75) is 12.5 Å². The summed E-state index contributed by atoms with van der Waals surface area (Å²) in [6.07, 6.45) is -0.611. The van der Waals surface area contributed by atoms with Crippen LogP contribution >= 0.6 is 0 Å².